The minimum Gasteiger partial charge on any atom is -0.507 e. The van der Waals surface area contributed by atoms with E-state index in [4.69, 9.17) is 71.6 Å². The van der Waals surface area contributed by atoms with Crippen LogP contribution in [0.25, 0.3) is 10.8 Å². The van der Waals surface area contributed by atoms with E-state index in [1.165, 1.54) is 34.3 Å². The Balaban J connectivity index is 0.000000272. The van der Waals surface area contributed by atoms with Gasteiger partial charge in [0.05, 0.1) is 108 Å². The maximum Gasteiger partial charge on any atom is 0.312 e. The number of aliphatic hydroxyl groups is 6. The van der Waals surface area contributed by atoms with Gasteiger partial charge in [0.2, 0.25) is 0 Å². The van der Waals surface area contributed by atoms with E-state index in [1.807, 2.05) is 53.6 Å². The van der Waals surface area contributed by atoms with Gasteiger partial charge in [-0.05, 0) is 107 Å². The largest absolute Gasteiger partial charge is 0.507 e. The summed E-state index contributed by atoms with van der Waals surface area (Å²) in [5.74, 6) is -9.40. The Morgan fingerprint density at radius 3 is 2.06 bits per heavy atom. The molecule has 31 nitrogen and oxygen atoms in total. The lowest BCUT2D eigenvalue weighted by Gasteiger charge is -2.52. The van der Waals surface area contributed by atoms with Crippen LogP contribution in [-0.2, 0) is 71.2 Å². The van der Waals surface area contributed by atoms with Gasteiger partial charge in [0.15, 0.2) is 24.0 Å². The van der Waals surface area contributed by atoms with E-state index in [1.54, 1.807) is 108 Å². The summed E-state index contributed by atoms with van der Waals surface area (Å²) in [5, 5.41) is 102. The first-order valence-electron chi connectivity index (χ1n) is 42.6. The number of likely N-dealkylation sites (tertiary alicyclic amines) is 1. The average molecular weight is 1680 g/mol. The minimum atomic E-state index is -1.96. The number of carbonyl (C=O) groups is 4. The van der Waals surface area contributed by atoms with E-state index >= 15 is 0 Å². The van der Waals surface area contributed by atoms with Crippen LogP contribution < -0.4 is 26.1 Å². The first-order valence-corrected chi connectivity index (χ1v) is 42.6. The molecular weight excluding hydrogens is 1540 g/mol. The zero-order valence-electron chi connectivity index (χ0n) is 74.7. The van der Waals surface area contributed by atoms with Crippen molar-refractivity contribution in [1.29, 1.82) is 0 Å². The van der Waals surface area contributed by atoms with Crippen LogP contribution >= 0.6 is 0 Å². The van der Waals surface area contributed by atoms with Crippen LogP contribution in [0.2, 0.25) is 0 Å². The van der Waals surface area contributed by atoms with Crippen LogP contribution in [-0.4, -0.2) is 282 Å². The number of methoxy groups -OCH3 is 3. The summed E-state index contributed by atoms with van der Waals surface area (Å²) in [5.41, 5.74) is -4.85. The summed E-state index contributed by atoms with van der Waals surface area (Å²) in [6.45, 7) is 38.6. The molecule has 8 aliphatic rings. The Labute approximate surface area is 701 Å². The first-order chi connectivity index (χ1) is 55.7. The number of aromatic hydroxyl groups is 2. The number of Topliss-reactive ketones (excluding diaryl/α,β-unsaturated/α-hetero) is 1. The number of piperidine rings is 1. The second-order valence-electron chi connectivity index (χ2n) is 36.5. The molecule has 10 rings (SSSR count). The van der Waals surface area contributed by atoms with Crippen molar-refractivity contribution in [3.63, 3.8) is 0 Å². The van der Waals surface area contributed by atoms with E-state index in [9.17, 15) is 60.0 Å². The number of allylic oxidation sites excluding steroid dienone is 2. The molecule has 0 aromatic heterocycles. The van der Waals surface area contributed by atoms with Crippen LogP contribution in [0.3, 0.4) is 0 Å². The van der Waals surface area contributed by atoms with Crippen LogP contribution in [0.15, 0.2) is 46.1 Å². The highest BCUT2D eigenvalue weighted by Crippen LogP contribution is 2.51. The van der Waals surface area contributed by atoms with Gasteiger partial charge in [-0.3, -0.25) is 34.5 Å². The highest BCUT2D eigenvalue weighted by molar-refractivity contribution is 6.19. The van der Waals surface area contributed by atoms with Gasteiger partial charge in [0, 0.05) is 138 Å². The van der Waals surface area contributed by atoms with Gasteiger partial charge in [0.1, 0.15) is 58.8 Å². The Morgan fingerprint density at radius 2 is 1.45 bits per heavy atom. The second kappa shape index (κ2) is 39.5. The molecule has 8 heterocycles. The molecule has 119 heavy (non-hydrogen) atoms. The molecule has 29 atom stereocenters. The number of phenols is 2. The van der Waals surface area contributed by atoms with E-state index < -0.39 is 179 Å². The van der Waals surface area contributed by atoms with E-state index in [-0.39, 0.29) is 111 Å². The molecule has 10 N–H and O–H groups in total. The number of amides is 1. The molecule has 31 heteroatoms. The number of phenolic OH excluding ortho intramolecular Hbond substituents is 2. The average Bonchev–Trinajstić information content (AvgIpc) is 1.54. The van der Waals surface area contributed by atoms with Crippen molar-refractivity contribution < 1.29 is 122 Å². The number of fused-ring (bicyclic) bond motifs is 3. The molecule has 10 unspecified atom stereocenters. The van der Waals surface area contributed by atoms with Crippen molar-refractivity contribution >= 4 is 40.1 Å². The second-order valence-corrected chi connectivity index (χ2v) is 36.5. The summed E-state index contributed by atoms with van der Waals surface area (Å²) in [6.07, 6.45) is -3.26. The number of hydrogen-bond donors (Lipinski definition) is 10. The molecule has 5 fully saturated rings. The highest BCUT2D eigenvalue weighted by atomic mass is 16.7. The number of cyclic esters (lactones) is 1. The smallest absolute Gasteiger partial charge is 0.312 e. The number of ether oxygens (including phenoxy) is 13. The molecule has 672 valence electrons. The van der Waals surface area contributed by atoms with Crippen LogP contribution in [0.1, 0.15) is 186 Å². The van der Waals surface area contributed by atoms with Crippen LogP contribution in [0.4, 0.5) is 5.69 Å². The Morgan fingerprint density at radius 1 is 0.782 bits per heavy atom. The number of nitrogens with zero attached hydrogens (tertiary/aromatic N) is 4. The van der Waals surface area contributed by atoms with Crippen molar-refractivity contribution in [2.45, 2.75) is 309 Å². The van der Waals surface area contributed by atoms with Gasteiger partial charge >= 0.3 is 17.7 Å². The number of esters is 2. The van der Waals surface area contributed by atoms with Gasteiger partial charge in [-0.15, -0.1) is 0 Å². The summed E-state index contributed by atoms with van der Waals surface area (Å²) < 4.78 is 79.7. The van der Waals surface area contributed by atoms with Gasteiger partial charge in [0.25, 0.3) is 11.7 Å². The standard InChI is InChI=1S/C46H62N4O11.C42H78N2O14/c1-22(2)21-50-18-16-46(17-19-50)48-34-31-32-39(54)28(8)42-33(31)43(56)45(10,61-42)59-20-15-30(58-11)25(5)41(60-29(9)51)27(7)38(53)26(6)37(52)23(3)13-12-14-24(4)44(57)47-36(40(32)55)35(34)49-46;1-15-29-42(10,49)37-24(4)32(43-30(56-37)21-52-17-16-50-13)22(2)19-40(8,48)36(58-39-33(45)28(44(11)12)18-23(3)53-39)25(5)34(26(6)38(47)55-29)57-31-20-41(9,51-14)35(46)27(7)54-31/h12-15,20,22-23,25-27,30,37-38,41,52-55H,16-19,21H2,1-11H3,(H,47,57);22-37,39,43,45-46,48-49H,15-21H2,1-14H3/b13-12+,20-15+,24-14-;/t23-,25+,26+,27+,30-,37-,38+,41+,45-;22-,23?,24+,25?,26-,27?,28?,29-,30-,31?,32+,33?,34+,35?,36-,37?,39?,40-,41?,42-/m01/s1. The van der Waals surface area contributed by atoms with Crippen LogP contribution in [0.5, 0.6) is 17.2 Å². The summed E-state index contributed by atoms with van der Waals surface area (Å²) in [6, 6.07) is -0.593. The minimum absolute atomic E-state index is 0.0364. The summed E-state index contributed by atoms with van der Waals surface area (Å²) in [7, 11) is 8.37. The van der Waals surface area contributed by atoms with E-state index in [2.05, 4.69) is 29.4 Å². The topological polar surface area (TPSA) is 405 Å². The predicted molar refractivity (Wildman–Crippen MR) is 441 cm³/mol. The number of ketones is 1. The fourth-order valence-corrected chi connectivity index (χ4v) is 19.2. The quantitative estimate of drug-likeness (QED) is 0.0461. The third-order valence-electron chi connectivity index (χ3n) is 26.3. The number of hydrogen-bond acceptors (Lipinski definition) is 30. The predicted octanol–water partition coefficient (Wildman–Crippen LogP) is 6.95. The number of nitrogens with one attached hydrogen (secondary N) is 2. The monoisotopic (exact) mass is 1680 g/mol. The van der Waals surface area contributed by atoms with E-state index in [0.717, 1.165) is 6.54 Å². The highest BCUT2D eigenvalue weighted by Gasteiger charge is 2.57. The third kappa shape index (κ3) is 20.9. The molecule has 0 aliphatic carbocycles. The Bertz CT molecular complexity index is 4070. The zero-order chi connectivity index (χ0) is 88.4. The fourth-order valence-electron chi connectivity index (χ4n) is 19.2. The van der Waals surface area contributed by atoms with Crippen molar-refractivity contribution in [2.24, 2.45) is 63.2 Å². The number of anilines is 1. The number of likely N-dealkylation sites (N-methyl/N-ethyl adjacent to an activating group) is 1. The molecule has 5 saturated heterocycles. The lowest BCUT2D eigenvalue weighted by molar-refractivity contribution is -0.318. The molecule has 8 aliphatic heterocycles. The molecular formula is C88H140N6O25. The molecule has 0 radical (unpaired) electrons. The molecule has 1 amide bonds. The van der Waals surface area contributed by atoms with Crippen molar-refractivity contribution in [3.8, 4) is 17.2 Å². The normalized spacial score (nSPS) is 40.5. The van der Waals surface area contributed by atoms with Crippen molar-refractivity contribution in [3.05, 3.63) is 58.0 Å². The number of rotatable bonds is 16. The number of benzene rings is 2. The zero-order valence-corrected chi connectivity index (χ0v) is 74.7. The summed E-state index contributed by atoms with van der Waals surface area (Å²) >= 11 is 0. The molecule has 2 aromatic rings. The molecule has 2 aromatic carbocycles. The lowest BCUT2D eigenvalue weighted by atomic mass is 9.71. The van der Waals surface area contributed by atoms with Crippen molar-refractivity contribution in [2.75, 3.05) is 80.2 Å². The maximum absolute atomic E-state index is 14.7. The van der Waals surface area contributed by atoms with Crippen LogP contribution in [0, 0.1) is 60.2 Å². The maximum atomic E-state index is 14.7. The number of aliphatic hydroxyl groups excluding tert-OH is 4. The Hall–Kier alpha value is -5.92. The van der Waals surface area contributed by atoms with Crippen molar-refractivity contribution in [1.82, 2.24) is 15.1 Å². The van der Waals surface area contributed by atoms with Gasteiger partial charge in [-0.2, -0.15) is 0 Å². The van der Waals surface area contributed by atoms with Gasteiger partial charge in [-0.25, -0.2) is 0 Å². The van der Waals surface area contributed by atoms with Gasteiger partial charge in [-0.1, -0.05) is 87.5 Å². The SMILES string of the molecule is CC[C@H]1OC(=O)[C@H](C)[C@@H](OC2CC(C)(OC)C(O)C(C)O2)C(C)[C@@H](OC2OC(C)CC(N(C)C)C2O)[C@](C)(O)C[C@@H](C)[C@@H]2N[C@@H](COCCOC)OC([C@H]2C)[C@]1(C)O.CO[C@H]1/C=C/O[C@@]2(C)Oc3c(C)c(O)c4c(O)c(c5c(c4c3C2=O)=NC2(CCN(CC(C)C)CC2)N=5)NC(=O)/C(C)=C\C=C\[C@H](C)[C@H](O)[C@@H](C)[C@@H](O)[C@@H](C)[C@H](OC(C)=O)[C@@H]1C. The summed E-state index contributed by atoms with van der Waals surface area (Å²) in [4.78, 5) is 70.1. The molecule has 6 bridgehead atoms. The fraction of sp³-hybridized carbons (Fsp3) is 0.773. The lowest BCUT2D eigenvalue weighted by Crippen LogP contribution is -2.67. The first kappa shape index (κ1) is 96.9. The Kier molecular flexibility index (Phi) is 32.2. The number of carbonyl (C=O) groups excluding carboxylic acids is 4. The van der Waals surface area contributed by atoms with Gasteiger partial charge < -0.3 is 118 Å². The molecule has 1 spiro atoms. The molecule has 0 saturated carbocycles. The van der Waals surface area contributed by atoms with E-state index in [0.29, 0.717) is 51.5 Å². The third-order valence-corrected chi connectivity index (χ3v) is 26.3.